The fraction of sp³-hybridized carbons (Fsp3) is 0.629. The Labute approximate surface area is 566 Å². The largest absolute Gasteiger partial charge is 0.382 e. The summed E-state index contributed by atoms with van der Waals surface area (Å²) in [5.74, 6) is -4.98. The second-order valence-electron chi connectivity index (χ2n) is 24.8. The molecule has 26 heteroatoms. The lowest BCUT2D eigenvalue weighted by Crippen LogP contribution is -2.54. The van der Waals surface area contributed by atoms with Gasteiger partial charge < -0.3 is 58.4 Å². The third-order valence-electron chi connectivity index (χ3n) is 15.7. The molecule has 5 atom stereocenters. The fourth-order valence-electron chi connectivity index (χ4n) is 10.4. The van der Waals surface area contributed by atoms with Crippen molar-refractivity contribution in [2.24, 2.45) is 23.7 Å². The Balaban J connectivity index is 1.07. The van der Waals surface area contributed by atoms with Crippen molar-refractivity contribution in [2.45, 2.75) is 122 Å². The molecule has 25 nitrogen and oxygen atoms in total. The summed E-state index contributed by atoms with van der Waals surface area (Å²) in [6.07, 6.45) is 2.79. The second-order valence-corrected chi connectivity index (χ2v) is 26.5. The van der Waals surface area contributed by atoms with Crippen molar-refractivity contribution in [3.8, 4) is 0 Å². The number of morpholine rings is 1. The summed E-state index contributed by atoms with van der Waals surface area (Å²) in [5, 5.41) is 25.8. The molecule has 3 N–H and O–H groups in total. The van der Waals surface area contributed by atoms with Crippen LogP contribution >= 0.6 is 0 Å². The first-order valence-corrected chi connectivity index (χ1v) is 34.9. The molecule has 0 aliphatic carbocycles. The maximum atomic E-state index is 14.6. The maximum absolute atomic E-state index is 14.6. The molecule has 3 aromatic carbocycles. The molecule has 2 amide bonds. The number of nitrogens with zero attached hydrogens (tertiary/aromatic N) is 4. The van der Waals surface area contributed by atoms with Gasteiger partial charge in [0.15, 0.2) is 17.3 Å². The van der Waals surface area contributed by atoms with Crippen LogP contribution < -0.4 is 10.6 Å². The number of Topliss-reactive ketones (excluding diaryl/α,β-unsaturated/α-hetero) is 4. The van der Waals surface area contributed by atoms with Gasteiger partial charge in [0.05, 0.1) is 148 Å². The van der Waals surface area contributed by atoms with E-state index in [1.165, 1.54) is 18.2 Å². The number of hydrogen-bond donors (Lipinski definition) is 3. The van der Waals surface area contributed by atoms with Gasteiger partial charge in [-0.3, -0.25) is 37.9 Å². The van der Waals surface area contributed by atoms with Crippen LogP contribution in [0.5, 0.6) is 0 Å². The molecule has 1 aromatic heterocycles. The minimum Gasteiger partial charge on any atom is -0.382 e. The molecule has 0 bridgehead atoms. The molecule has 0 spiro atoms. The Bertz CT molecular complexity index is 3000. The van der Waals surface area contributed by atoms with E-state index in [1.807, 2.05) is 81.1 Å². The van der Waals surface area contributed by atoms with Gasteiger partial charge in [0.25, 0.3) is 10.1 Å². The standard InChI is InChI=1S/C70H104N6O19S/c1-53(2)44-63(71-68(81)58(21-20-55-14-9-7-10-15-55)47-61(77)51-75-24-27-87-28-25-75)66(79)49-59(46-56-16-11-8-12-17-56)69(82)72-64(45-54(3)4)67(80)70(5,83)52-95-96(84,85)62-19-13-18-57(48-62)65(78)23-22-60-50-76(74-73-60)26-29-88-32-33-90-36-37-92-40-41-94-43-42-93-39-38-91-35-34-89-31-30-86-6/h7-19,48,50,53-54,58-59,63-64,83H,20-47,49,51-52H2,1-6H3,(H,71,81)(H,72,82)/t58-,59-,63+,64+,70?/m1/s1. The average Bonchev–Trinajstić information content (AvgIpc) is 0.904. The Morgan fingerprint density at radius 2 is 1.16 bits per heavy atom. The van der Waals surface area contributed by atoms with Crippen LogP contribution in [0.2, 0.25) is 0 Å². The molecule has 1 saturated heterocycles. The Morgan fingerprint density at radius 3 is 1.72 bits per heavy atom. The highest BCUT2D eigenvalue weighted by Crippen LogP contribution is 2.24. The van der Waals surface area contributed by atoms with E-state index >= 15 is 0 Å². The summed E-state index contributed by atoms with van der Waals surface area (Å²) in [7, 11) is -3.05. The number of aromatic nitrogens is 3. The van der Waals surface area contributed by atoms with Crippen LogP contribution in [0, 0.1) is 23.7 Å². The van der Waals surface area contributed by atoms with Crippen LogP contribution in [0.15, 0.2) is 96.0 Å². The summed E-state index contributed by atoms with van der Waals surface area (Å²) in [6, 6.07) is 21.6. The third-order valence-corrected chi connectivity index (χ3v) is 16.9. The van der Waals surface area contributed by atoms with E-state index in [4.69, 9.17) is 46.8 Å². The molecule has 1 fully saturated rings. The first-order chi connectivity index (χ1) is 46.2. The molecule has 1 aliphatic rings. The summed E-state index contributed by atoms with van der Waals surface area (Å²) in [5.41, 5.74) is -0.120. The zero-order valence-electron chi connectivity index (χ0n) is 57.0. The number of hydrogen-bond acceptors (Lipinski definition) is 22. The van der Waals surface area contributed by atoms with Crippen LogP contribution in [0.3, 0.4) is 0 Å². The zero-order valence-corrected chi connectivity index (χ0v) is 57.9. The number of nitrogens with one attached hydrogen (secondary N) is 2. The Kier molecular flexibility index (Phi) is 38.2. The molecular weight excluding hydrogens is 1260 g/mol. The number of amides is 2. The monoisotopic (exact) mass is 1360 g/mol. The van der Waals surface area contributed by atoms with Crippen molar-refractivity contribution in [3.63, 3.8) is 0 Å². The van der Waals surface area contributed by atoms with Crippen LogP contribution in [0.4, 0.5) is 0 Å². The minimum atomic E-state index is -4.68. The van der Waals surface area contributed by atoms with Crippen molar-refractivity contribution >= 4 is 45.1 Å². The predicted octanol–water partition coefficient (Wildman–Crippen LogP) is 5.30. The summed E-state index contributed by atoms with van der Waals surface area (Å²) < 4.78 is 83.2. The SMILES string of the molecule is COCCOCCOCCOCCOCCOCCOCCOCCn1cc(CCC(=O)c2cccc(S(=O)(=O)OCC(C)(O)C(=O)[C@H](CC(C)C)NC(=O)[C@@H](CC(=O)[C@H](CC(C)C)NC(=O)[C@H](CCc3ccccc3)CC(=O)CN3CCOCC3)Cc3ccccc3)c2)nn1. The molecule has 96 heavy (non-hydrogen) atoms. The Morgan fingerprint density at radius 1 is 0.635 bits per heavy atom. The summed E-state index contributed by atoms with van der Waals surface area (Å²) in [4.78, 5) is 86.6. The number of ether oxygens (including phenoxy) is 9. The van der Waals surface area contributed by atoms with E-state index in [9.17, 15) is 42.3 Å². The summed E-state index contributed by atoms with van der Waals surface area (Å²) >= 11 is 0. The van der Waals surface area contributed by atoms with E-state index in [0.717, 1.165) is 24.1 Å². The van der Waals surface area contributed by atoms with E-state index in [-0.39, 0.29) is 85.4 Å². The molecule has 5 rings (SSSR count). The van der Waals surface area contributed by atoms with Crippen LogP contribution in [0.25, 0.3) is 0 Å². The Hall–Kier alpha value is -6.11. The number of ketones is 4. The van der Waals surface area contributed by atoms with Crippen molar-refractivity contribution in [1.82, 2.24) is 30.5 Å². The highest BCUT2D eigenvalue weighted by molar-refractivity contribution is 7.86. The van der Waals surface area contributed by atoms with Gasteiger partial charge >= 0.3 is 0 Å². The lowest BCUT2D eigenvalue weighted by atomic mass is 9.86. The van der Waals surface area contributed by atoms with E-state index in [2.05, 4.69) is 20.9 Å². The van der Waals surface area contributed by atoms with Crippen LogP contribution in [-0.2, 0) is 107 Å². The van der Waals surface area contributed by atoms with E-state index in [1.54, 1.807) is 30.1 Å². The number of carbonyl (C=O) groups excluding carboxylic acids is 6. The molecule has 4 aromatic rings. The van der Waals surface area contributed by atoms with Gasteiger partial charge in [-0.1, -0.05) is 106 Å². The first kappa shape index (κ1) is 80.6. The van der Waals surface area contributed by atoms with E-state index < -0.39 is 69.6 Å². The van der Waals surface area contributed by atoms with Crippen molar-refractivity contribution in [3.05, 3.63) is 114 Å². The number of aryl methyl sites for hydroxylation is 2. The molecule has 534 valence electrons. The van der Waals surface area contributed by atoms with Gasteiger partial charge in [-0.15, -0.1) is 5.10 Å². The fourth-order valence-corrected chi connectivity index (χ4v) is 11.5. The van der Waals surface area contributed by atoms with Crippen LogP contribution in [-0.4, -0.2) is 232 Å². The van der Waals surface area contributed by atoms with Crippen LogP contribution in [0.1, 0.15) is 100 Å². The topological polar surface area (TPSA) is 307 Å². The molecule has 2 heterocycles. The smallest absolute Gasteiger partial charge is 0.297 e. The highest BCUT2D eigenvalue weighted by atomic mass is 32.2. The van der Waals surface area contributed by atoms with Gasteiger partial charge in [-0.25, -0.2) is 4.68 Å². The molecule has 1 unspecified atom stereocenters. The lowest BCUT2D eigenvalue weighted by Gasteiger charge is -2.30. The first-order valence-electron chi connectivity index (χ1n) is 33.5. The molecule has 0 saturated carbocycles. The van der Waals surface area contributed by atoms with Crippen molar-refractivity contribution < 1.29 is 89.1 Å². The minimum absolute atomic E-state index is 0.0212. The maximum Gasteiger partial charge on any atom is 0.297 e. The number of carbonyl (C=O) groups is 6. The summed E-state index contributed by atoms with van der Waals surface area (Å²) in [6.45, 7) is 17.1. The normalized spacial score (nSPS) is 14.8. The quantitative estimate of drug-likeness (QED) is 0.0287. The number of aliphatic hydroxyl groups is 1. The molecular formula is C70H104N6O19S. The average molecular weight is 1370 g/mol. The lowest BCUT2D eigenvalue weighted by molar-refractivity contribution is -0.143. The number of rotatable bonds is 54. The highest BCUT2D eigenvalue weighted by Gasteiger charge is 2.40. The predicted molar refractivity (Wildman–Crippen MR) is 357 cm³/mol. The van der Waals surface area contributed by atoms with Gasteiger partial charge in [0.2, 0.25) is 11.8 Å². The molecule has 1 aliphatic heterocycles. The van der Waals surface area contributed by atoms with Gasteiger partial charge in [-0.2, -0.15) is 8.42 Å². The van der Waals surface area contributed by atoms with Gasteiger partial charge in [-0.05, 0) is 74.1 Å². The zero-order chi connectivity index (χ0) is 69.4. The van der Waals surface area contributed by atoms with E-state index in [0.29, 0.717) is 150 Å². The third kappa shape index (κ3) is 32.5. The van der Waals surface area contributed by atoms with Gasteiger partial charge in [0.1, 0.15) is 18.0 Å². The number of methoxy groups -OCH3 is 1. The molecule has 0 radical (unpaired) electrons. The number of benzene rings is 3. The van der Waals surface area contributed by atoms with Gasteiger partial charge in [0, 0.05) is 69.5 Å². The van der Waals surface area contributed by atoms with Crippen molar-refractivity contribution in [1.29, 1.82) is 0 Å². The second kappa shape index (κ2) is 45.5. The van der Waals surface area contributed by atoms with Crippen molar-refractivity contribution in [2.75, 3.05) is 146 Å².